The molecule has 15 heavy (non-hydrogen) atoms. The zero-order valence-electron chi connectivity index (χ0n) is 9.67. The molecule has 0 aromatic rings. The van der Waals surface area contributed by atoms with E-state index in [0.29, 0.717) is 6.42 Å². The van der Waals surface area contributed by atoms with Crippen LogP contribution in [-0.4, -0.2) is 30.9 Å². The fourth-order valence-corrected chi connectivity index (χ4v) is 2.31. The Morgan fingerprint density at radius 1 is 1.47 bits per heavy atom. The Morgan fingerprint density at radius 2 is 2.13 bits per heavy atom. The Kier molecular flexibility index (Phi) is 5.65. The maximum atomic E-state index is 10.9. The molecule has 0 aliphatic heterocycles. The topological polar surface area (TPSA) is 58.4 Å². The molecule has 1 rings (SSSR count). The highest BCUT2D eigenvalue weighted by Gasteiger charge is 2.16. The van der Waals surface area contributed by atoms with Crippen LogP contribution in [0.1, 0.15) is 38.5 Å². The van der Waals surface area contributed by atoms with Crippen molar-refractivity contribution in [2.45, 2.75) is 38.5 Å². The first-order valence-electron chi connectivity index (χ1n) is 5.90. The van der Waals surface area contributed by atoms with Crippen molar-refractivity contribution < 1.29 is 4.79 Å². The van der Waals surface area contributed by atoms with E-state index in [1.54, 1.807) is 0 Å². The number of hydrogen-bond acceptors (Lipinski definition) is 3. The third-order valence-electron chi connectivity index (χ3n) is 3.15. The average Bonchev–Trinajstić information content (AvgIpc) is 2.70. The van der Waals surface area contributed by atoms with Gasteiger partial charge >= 0.3 is 0 Å². The Morgan fingerprint density at radius 3 is 2.73 bits per heavy atom. The van der Waals surface area contributed by atoms with Crippen LogP contribution in [0.2, 0.25) is 0 Å². The van der Waals surface area contributed by atoms with Crippen molar-refractivity contribution >= 4 is 5.91 Å². The Labute approximate surface area is 92.2 Å². The van der Waals surface area contributed by atoms with Crippen LogP contribution in [0.4, 0.5) is 0 Å². The second-order valence-corrected chi connectivity index (χ2v) is 4.58. The lowest BCUT2D eigenvalue weighted by molar-refractivity contribution is -0.121. The summed E-state index contributed by atoms with van der Waals surface area (Å²) in [6.07, 6.45) is 6.99. The zero-order valence-corrected chi connectivity index (χ0v) is 9.67. The minimum atomic E-state index is -0.0655. The molecule has 0 heterocycles. The van der Waals surface area contributed by atoms with Crippen LogP contribution in [0.15, 0.2) is 0 Å². The van der Waals surface area contributed by atoms with Gasteiger partial charge in [0.15, 0.2) is 0 Å². The lowest BCUT2D eigenvalue weighted by Crippen LogP contribution is -2.31. The van der Waals surface area contributed by atoms with Crippen LogP contribution in [0.5, 0.6) is 0 Å². The third kappa shape index (κ3) is 5.14. The minimum Gasteiger partial charge on any atom is -0.306 e. The Balaban J connectivity index is 2.02. The van der Waals surface area contributed by atoms with E-state index in [4.69, 9.17) is 5.84 Å². The third-order valence-corrected chi connectivity index (χ3v) is 3.15. The fourth-order valence-electron chi connectivity index (χ4n) is 2.31. The quantitative estimate of drug-likeness (QED) is 0.391. The van der Waals surface area contributed by atoms with Crippen LogP contribution in [0.3, 0.4) is 0 Å². The molecule has 0 unspecified atom stereocenters. The molecule has 88 valence electrons. The number of carbonyl (C=O) groups is 1. The second kappa shape index (κ2) is 6.80. The molecule has 0 radical (unpaired) electrons. The number of rotatable bonds is 6. The maximum absolute atomic E-state index is 10.9. The van der Waals surface area contributed by atoms with Crippen molar-refractivity contribution in [2.24, 2.45) is 11.8 Å². The van der Waals surface area contributed by atoms with E-state index >= 15 is 0 Å². The van der Waals surface area contributed by atoms with E-state index in [0.717, 1.165) is 18.9 Å². The molecule has 4 heteroatoms. The van der Waals surface area contributed by atoms with Crippen molar-refractivity contribution in [3.05, 3.63) is 0 Å². The van der Waals surface area contributed by atoms with Crippen molar-refractivity contribution in [1.29, 1.82) is 0 Å². The van der Waals surface area contributed by atoms with Crippen molar-refractivity contribution in [2.75, 3.05) is 20.1 Å². The Bertz CT molecular complexity index is 190. The molecular weight excluding hydrogens is 190 g/mol. The van der Waals surface area contributed by atoms with E-state index in [2.05, 4.69) is 17.4 Å². The van der Waals surface area contributed by atoms with E-state index < -0.39 is 0 Å². The highest BCUT2D eigenvalue weighted by molar-refractivity contribution is 5.75. The zero-order chi connectivity index (χ0) is 11.1. The molecule has 0 saturated heterocycles. The summed E-state index contributed by atoms with van der Waals surface area (Å²) in [5, 5.41) is 0. The largest absolute Gasteiger partial charge is 0.306 e. The van der Waals surface area contributed by atoms with Gasteiger partial charge in [-0.05, 0) is 38.8 Å². The van der Waals surface area contributed by atoms with Gasteiger partial charge < -0.3 is 4.90 Å². The monoisotopic (exact) mass is 213 g/mol. The summed E-state index contributed by atoms with van der Waals surface area (Å²) in [7, 11) is 2.14. The van der Waals surface area contributed by atoms with Crippen LogP contribution in [-0.2, 0) is 4.79 Å². The van der Waals surface area contributed by atoms with Crippen LogP contribution >= 0.6 is 0 Å². The number of hydrogen-bond donors (Lipinski definition) is 2. The lowest BCUT2D eigenvalue weighted by Gasteiger charge is -2.20. The smallest absolute Gasteiger partial charge is 0.233 e. The van der Waals surface area contributed by atoms with Gasteiger partial charge in [0, 0.05) is 13.0 Å². The average molecular weight is 213 g/mol. The highest BCUT2D eigenvalue weighted by atomic mass is 16.2. The molecule has 1 aliphatic rings. The summed E-state index contributed by atoms with van der Waals surface area (Å²) >= 11 is 0. The van der Waals surface area contributed by atoms with Gasteiger partial charge in [-0.15, -0.1) is 0 Å². The van der Waals surface area contributed by atoms with Gasteiger partial charge in [0.2, 0.25) is 5.91 Å². The van der Waals surface area contributed by atoms with E-state index in [1.165, 1.54) is 32.2 Å². The number of nitrogens with zero attached hydrogens (tertiary/aromatic N) is 1. The van der Waals surface area contributed by atoms with E-state index in [1.807, 2.05) is 0 Å². The van der Waals surface area contributed by atoms with Gasteiger partial charge in [-0.2, -0.15) is 0 Å². The standard InChI is InChI=1S/C11H23N3O/c1-14(8-4-7-11(15)13-12)9-10-5-2-3-6-10/h10H,2-9,12H2,1H3,(H,13,15). The molecule has 1 amide bonds. The first-order chi connectivity index (χ1) is 7.22. The summed E-state index contributed by atoms with van der Waals surface area (Å²) in [6.45, 7) is 2.17. The van der Waals surface area contributed by atoms with Gasteiger partial charge in [-0.1, -0.05) is 12.8 Å². The molecule has 1 saturated carbocycles. The van der Waals surface area contributed by atoms with Gasteiger partial charge in [0.25, 0.3) is 0 Å². The minimum absolute atomic E-state index is 0.0655. The molecular formula is C11H23N3O. The number of nitrogens with two attached hydrogens (primary N) is 1. The van der Waals surface area contributed by atoms with Gasteiger partial charge in [0.05, 0.1) is 0 Å². The molecule has 1 aliphatic carbocycles. The van der Waals surface area contributed by atoms with Crippen molar-refractivity contribution in [1.82, 2.24) is 10.3 Å². The van der Waals surface area contributed by atoms with Crippen LogP contribution in [0.25, 0.3) is 0 Å². The second-order valence-electron chi connectivity index (χ2n) is 4.58. The summed E-state index contributed by atoms with van der Waals surface area (Å²) in [6, 6.07) is 0. The van der Waals surface area contributed by atoms with Crippen molar-refractivity contribution in [3.8, 4) is 0 Å². The lowest BCUT2D eigenvalue weighted by atomic mass is 10.1. The molecule has 4 nitrogen and oxygen atoms in total. The number of carbonyl (C=O) groups excluding carboxylic acids is 1. The first kappa shape index (κ1) is 12.5. The first-order valence-corrected chi connectivity index (χ1v) is 5.90. The summed E-state index contributed by atoms with van der Waals surface area (Å²) < 4.78 is 0. The van der Waals surface area contributed by atoms with Gasteiger partial charge in [-0.25, -0.2) is 5.84 Å². The molecule has 0 aromatic carbocycles. The molecule has 1 fully saturated rings. The molecule has 3 N–H and O–H groups in total. The SMILES string of the molecule is CN(CCCC(=O)NN)CC1CCCC1. The molecule has 0 aromatic heterocycles. The molecule has 0 atom stereocenters. The fraction of sp³-hybridized carbons (Fsp3) is 0.909. The highest BCUT2D eigenvalue weighted by Crippen LogP contribution is 2.25. The van der Waals surface area contributed by atoms with Gasteiger partial charge in [0.1, 0.15) is 0 Å². The van der Waals surface area contributed by atoms with E-state index in [9.17, 15) is 4.79 Å². The predicted molar refractivity (Wildman–Crippen MR) is 61.0 cm³/mol. The summed E-state index contributed by atoms with van der Waals surface area (Å²) in [5.74, 6) is 5.83. The summed E-state index contributed by atoms with van der Waals surface area (Å²) in [5.41, 5.74) is 2.15. The number of hydrazine groups is 1. The van der Waals surface area contributed by atoms with Crippen molar-refractivity contribution in [3.63, 3.8) is 0 Å². The summed E-state index contributed by atoms with van der Waals surface area (Å²) in [4.78, 5) is 13.2. The van der Waals surface area contributed by atoms with Crippen LogP contribution < -0.4 is 11.3 Å². The molecule has 0 spiro atoms. The van der Waals surface area contributed by atoms with Gasteiger partial charge in [-0.3, -0.25) is 10.2 Å². The number of nitrogens with one attached hydrogen (secondary N) is 1. The molecule has 0 bridgehead atoms. The number of amides is 1. The van der Waals surface area contributed by atoms with Crippen LogP contribution in [0, 0.1) is 5.92 Å². The predicted octanol–water partition coefficient (Wildman–Crippen LogP) is 0.878. The maximum Gasteiger partial charge on any atom is 0.233 e. The van der Waals surface area contributed by atoms with E-state index in [-0.39, 0.29) is 5.91 Å². The normalized spacial score (nSPS) is 17.3. The Hall–Kier alpha value is -0.610.